The SMILES string of the molecule is CCc1ccc(-c2cc(-c3cc(OC)cc(OC)c3OC)on2)cc1. The second-order valence-corrected chi connectivity index (χ2v) is 5.54. The zero-order valence-corrected chi connectivity index (χ0v) is 14.8. The van der Waals surface area contributed by atoms with E-state index in [1.807, 2.05) is 24.3 Å². The van der Waals surface area contributed by atoms with Gasteiger partial charge in [-0.1, -0.05) is 36.3 Å². The smallest absolute Gasteiger partial charge is 0.172 e. The predicted molar refractivity (Wildman–Crippen MR) is 96.4 cm³/mol. The van der Waals surface area contributed by atoms with Gasteiger partial charge >= 0.3 is 0 Å². The van der Waals surface area contributed by atoms with Crippen LogP contribution in [0.5, 0.6) is 17.2 Å². The Labute approximate surface area is 147 Å². The van der Waals surface area contributed by atoms with Crippen LogP contribution in [0, 0.1) is 0 Å². The van der Waals surface area contributed by atoms with E-state index in [1.165, 1.54) is 5.56 Å². The molecule has 5 nitrogen and oxygen atoms in total. The molecule has 130 valence electrons. The van der Waals surface area contributed by atoms with Gasteiger partial charge in [0.25, 0.3) is 0 Å². The van der Waals surface area contributed by atoms with Crippen molar-refractivity contribution in [1.82, 2.24) is 5.16 Å². The molecule has 0 unspecified atom stereocenters. The normalized spacial score (nSPS) is 10.6. The number of ether oxygens (including phenoxy) is 3. The Balaban J connectivity index is 2.04. The predicted octanol–water partition coefficient (Wildman–Crippen LogP) is 4.60. The van der Waals surface area contributed by atoms with Crippen LogP contribution in [-0.4, -0.2) is 26.5 Å². The van der Waals surface area contributed by atoms with Gasteiger partial charge in [0.2, 0.25) is 0 Å². The van der Waals surface area contributed by atoms with Crippen molar-refractivity contribution in [2.45, 2.75) is 13.3 Å². The van der Waals surface area contributed by atoms with Gasteiger partial charge in [-0.05, 0) is 18.1 Å². The minimum Gasteiger partial charge on any atom is -0.497 e. The Hall–Kier alpha value is -2.95. The van der Waals surface area contributed by atoms with Crippen molar-refractivity contribution in [3.63, 3.8) is 0 Å². The van der Waals surface area contributed by atoms with Crippen LogP contribution in [0.2, 0.25) is 0 Å². The first kappa shape index (κ1) is 16.9. The quantitative estimate of drug-likeness (QED) is 0.657. The maximum atomic E-state index is 5.56. The van der Waals surface area contributed by atoms with Gasteiger partial charge in [0.05, 0.1) is 26.9 Å². The summed E-state index contributed by atoms with van der Waals surface area (Å²) in [6.45, 7) is 2.13. The molecule has 1 aromatic heterocycles. The lowest BCUT2D eigenvalue weighted by Gasteiger charge is -2.12. The summed E-state index contributed by atoms with van der Waals surface area (Å²) in [4.78, 5) is 0. The van der Waals surface area contributed by atoms with E-state index >= 15 is 0 Å². The lowest BCUT2D eigenvalue weighted by Crippen LogP contribution is -1.95. The Morgan fingerprint density at radius 1 is 0.920 bits per heavy atom. The van der Waals surface area contributed by atoms with Crippen molar-refractivity contribution >= 4 is 0 Å². The average molecular weight is 339 g/mol. The summed E-state index contributed by atoms with van der Waals surface area (Å²) in [5, 5.41) is 4.19. The van der Waals surface area contributed by atoms with Crippen molar-refractivity contribution in [3.8, 4) is 39.8 Å². The number of aryl methyl sites for hydroxylation is 1. The number of aromatic nitrogens is 1. The highest BCUT2D eigenvalue weighted by Gasteiger charge is 2.19. The van der Waals surface area contributed by atoms with E-state index in [-0.39, 0.29) is 0 Å². The maximum Gasteiger partial charge on any atom is 0.172 e. The van der Waals surface area contributed by atoms with E-state index in [0.29, 0.717) is 23.0 Å². The molecule has 1 heterocycles. The van der Waals surface area contributed by atoms with Crippen LogP contribution in [-0.2, 0) is 6.42 Å². The van der Waals surface area contributed by atoms with Crippen molar-refractivity contribution in [2.24, 2.45) is 0 Å². The van der Waals surface area contributed by atoms with Crippen molar-refractivity contribution in [2.75, 3.05) is 21.3 Å². The summed E-state index contributed by atoms with van der Waals surface area (Å²) < 4.78 is 21.8. The molecule has 0 saturated heterocycles. The molecule has 0 spiro atoms. The van der Waals surface area contributed by atoms with Crippen molar-refractivity contribution in [3.05, 3.63) is 48.0 Å². The van der Waals surface area contributed by atoms with Gasteiger partial charge in [0, 0.05) is 17.7 Å². The van der Waals surface area contributed by atoms with Gasteiger partial charge in [-0.3, -0.25) is 0 Å². The third-order valence-corrected chi connectivity index (χ3v) is 4.12. The average Bonchev–Trinajstić information content (AvgIpc) is 3.16. The minimum absolute atomic E-state index is 0.571. The fraction of sp³-hybridized carbons (Fsp3) is 0.250. The monoisotopic (exact) mass is 339 g/mol. The summed E-state index contributed by atoms with van der Waals surface area (Å²) in [6, 6.07) is 13.8. The third kappa shape index (κ3) is 3.31. The molecule has 0 radical (unpaired) electrons. The summed E-state index contributed by atoms with van der Waals surface area (Å²) in [5.74, 6) is 2.39. The van der Waals surface area contributed by atoms with Gasteiger partial charge in [-0.25, -0.2) is 0 Å². The number of hydrogen-bond donors (Lipinski definition) is 0. The zero-order valence-electron chi connectivity index (χ0n) is 14.8. The van der Waals surface area contributed by atoms with Crippen LogP contribution in [0.15, 0.2) is 47.0 Å². The van der Waals surface area contributed by atoms with Crippen molar-refractivity contribution in [1.29, 1.82) is 0 Å². The molecule has 0 aliphatic heterocycles. The third-order valence-electron chi connectivity index (χ3n) is 4.12. The molecular formula is C20H21NO4. The number of nitrogens with zero attached hydrogens (tertiary/aromatic N) is 1. The molecule has 0 atom stereocenters. The number of hydrogen-bond acceptors (Lipinski definition) is 5. The van der Waals surface area contributed by atoms with Gasteiger partial charge in [0.15, 0.2) is 17.3 Å². The number of benzene rings is 2. The highest BCUT2D eigenvalue weighted by molar-refractivity contribution is 5.75. The summed E-state index contributed by atoms with van der Waals surface area (Å²) in [5.41, 5.74) is 3.77. The standard InChI is InChI=1S/C20H21NO4/c1-5-13-6-8-14(9-7-13)17-12-18(25-21-17)16-10-15(22-2)11-19(23-3)20(16)24-4/h6-12H,5H2,1-4H3. The van der Waals surface area contributed by atoms with Crippen molar-refractivity contribution < 1.29 is 18.7 Å². The molecule has 0 bridgehead atoms. The molecular weight excluding hydrogens is 318 g/mol. The topological polar surface area (TPSA) is 53.7 Å². The maximum absolute atomic E-state index is 5.56. The van der Waals surface area contributed by atoms with Crippen LogP contribution >= 0.6 is 0 Å². The summed E-state index contributed by atoms with van der Waals surface area (Å²) >= 11 is 0. The number of rotatable bonds is 6. The molecule has 5 heteroatoms. The first-order valence-electron chi connectivity index (χ1n) is 8.06. The Morgan fingerprint density at radius 2 is 1.68 bits per heavy atom. The van der Waals surface area contributed by atoms with Crippen LogP contribution in [0.1, 0.15) is 12.5 Å². The molecule has 25 heavy (non-hydrogen) atoms. The molecule has 0 aliphatic carbocycles. The van der Waals surface area contributed by atoms with Crippen LogP contribution in [0.4, 0.5) is 0 Å². The van der Waals surface area contributed by atoms with E-state index in [2.05, 4.69) is 24.2 Å². The first-order valence-corrected chi connectivity index (χ1v) is 8.06. The van der Waals surface area contributed by atoms with E-state index in [1.54, 1.807) is 27.4 Å². The fourth-order valence-electron chi connectivity index (χ4n) is 2.69. The van der Waals surface area contributed by atoms with Gasteiger partial charge in [-0.15, -0.1) is 0 Å². The minimum atomic E-state index is 0.571. The van der Waals surface area contributed by atoms with Crippen LogP contribution < -0.4 is 14.2 Å². The highest BCUT2D eigenvalue weighted by Crippen LogP contribution is 2.42. The van der Waals surface area contributed by atoms with E-state index in [4.69, 9.17) is 18.7 Å². The largest absolute Gasteiger partial charge is 0.497 e. The van der Waals surface area contributed by atoms with E-state index in [0.717, 1.165) is 23.2 Å². The first-order chi connectivity index (χ1) is 12.2. The number of methoxy groups -OCH3 is 3. The molecule has 0 aliphatic rings. The molecule has 2 aromatic carbocycles. The second kappa shape index (κ2) is 7.30. The summed E-state index contributed by atoms with van der Waals surface area (Å²) in [6.07, 6.45) is 1.01. The lowest BCUT2D eigenvalue weighted by atomic mass is 10.1. The van der Waals surface area contributed by atoms with Gasteiger partial charge < -0.3 is 18.7 Å². The Morgan fingerprint density at radius 3 is 2.28 bits per heavy atom. The molecule has 0 saturated carbocycles. The van der Waals surface area contributed by atoms with Gasteiger partial charge in [-0.2, -0.15) is 0 Å². The van der Waals surface area contributed by atoms with Crippen LogP contribution in [0.25, 0.3) is 22.6 Å². The highest BCUT2D eigenvalue weighted by atomic mass is 16.5. The molecule has 0 fully saturated rings. The molecule has 0 N–H and O–H groups in total. The van der Waals surface area contributed by atoms with E-state index in [9.17, 15) is 0 Å². The summed E-state index contributed by atoms with van der Waals surface area (Å²) in [7, 11) is 4.78. The zero-order chi connectivity index (χ0) is 17.8. The van der Waals surface area contributed by atoms with Crippen LogP contribution in [0.3, 0.4) is 0 Å². The van der Waals surface area contributed by atoms with E-state index < -0.39 is 0 Å². The lowest BCUT2D eigenvalue weighted by molar-refractivity contribution is 0.348. The van der Waals surface area contributed by atoms with Gasteiger partial charge in [0.1, 0.15) is 11.4 Å². The Kier molecular flexibility index (Phi) is 4.93. The fourth-order valence-corrected chi connectivity index (χ4v) is 2.69. The molecule has 0 amide bonds. The second-order valence-electron chi connectivity index (χ2n) is 5.54. The Bertz CT molecular complexity index is 853. The molecule has 3 rings (SSSR count). The molecule has 3 aromatic rings.